The maximum Gasteiger partial charge on any atom is 0.150 e. The highest BCUT2D eigenvalue weighted by Crippen LogP contribution is 2.36. The lowest BCUT2D eigenvalue weighted by Gasteiger charge is -2.17. The van der Waals surface area contributed by atoms with Gasteiger partial charge in [-0.05, 0) is 18.2 Å². The third kappa shape index (κ3) is 1.57. The molecule has 2 nitrogen and oxygen atoms in total. The predicted molar refractivity (Wildman–Crippen MR) is 58.5 cm³/mol. The third-order valence-corrected chi connectivity index (χ3v) is 2.93. The SMILES string of the molecule is O=CC1=C(Cl)c2ccc(Br)cc2OC1. The molecule has 14 heavy (non-hydrogen) atoms. The Hall–Kier alpha value is -0.800. The normalized spacial score (nSPS) is 14.7. The van der Waals surface area contributed by atoms with Crippen LogP contribution in [0.5, 0.6) is 5.75 Å². The van der Waals surface area contributed by atoms with E-state index >= 15 is 0 Å². The van der Waals surface area contributed by atoms with Gasteiger partial charge in [0.15, 0.2) is 6.29 Å². The fraction of sp³-hybridized carbons (Fsp3) is 0.100. The molecule has 4 heteroatoms. The minimum Gasteiger partial charge on any atom is -0.488 e. The average Bonchev–Trinajstić information content (AvgIpc) is 2.18. The van der Waals surface area contributed by atoms with Crippen LogP contribution in [0.15, 0.2) is 28.2 Å². The molecule has 0 N–H and O–H groups in total. The van der Waals surface area contributed by atoms with Gasteiger partial charge in [-0.2, -0.15) is 0 Å². The summed E-state index contributed by atoms with van der Waals surface area (Å²) in [5.41, 5.74) is 1.25. The van der Waals surface area contributed by atoms with E-state index in [2.05, 4.69) is 15.9 Å². The summed E-state index contributed by atoms with van der Waals surface area (Å²) < 4.78 is 6.30. The zero-order chi connectivity index (χ0) is 10.1. The molecule has 0 atom stereocenters. The molecule has 1 aliphatic heterocycles. The van der Waals surface area contributed by atoms with E-state index in [4.69, 9.17) is 16.3 Å². The van der Waals surface area contributed by atoms with Gasteiger partial charge in [-0.1, -0.05) is 27.5 Å². The molecule has 72 valence electrons. The quantitative estimate of drug-likeness (QED) is 0.735. The van der Waals surface area contributed by atoms with Crippen LogP contribution in [0.1, 0.15) is 5.56 Å². The van der Waals surface area contributed by atoms with Crippen molar-refractivity contribution in [1.29, 1.82) is 0 Å². The number of hydrogen-bond acceptors (Lipinski definition) is 2. The van der Waals surface area contributed by atoms with Crippen molar-refractivity contribution < 1.29 is 9.53 Å². The van der Waals surface area contributed by atoms with Crippen LogP contribution in [0.3, 0.4) is 0 Å². The minimum absolute atomic E-state index is 0.242. The zero-order valence-electron chi connectivity index (χ0n) is 7.09. The van der Waals surface area contributed by atoms with Gasteiger partial charge in [-0.25, -0.2) is 0 Å². The van der Waals surface area contributed by atoms with E-state index in [1.165, 1.54) is 0 Å². The summed E-state index contributed by atoms with van der Waals surface area (Å²) in [6, 6.07) is 5.52. The number of ether oxygens (including phenoxy) is 1. The van der Waals surface area contributed by atoms with Crippen LogP contribution in [0.2, 0.25) is 0 Å². The molecule has 1 heterocycles. The first-order valence-corrected chi connectivity index (χ1v) is 5.16. The van der Waals surface area contributed by atoms with Crippen LogP contribution in [0, 0.1) is 0 Å². The van der Waals surface area contributed by atoms with Gasteiger partial charge >= 0.3 is 0 Å². The van der Waals surface area contributed by atoms with Crippen molar-refractivity contribution in [2.24, 2.45) is 0 Å². The molecule has 0 aromatic heterocycles. The molecule has 1 aromatic rings. The number of fused-ring (bicyclic) bond motifs is 1. The summed E-state index contributed by atoms with van der Waals surface area (Å²) in [6.07, 6.45) is 0.729. The van der Waals surface area contributed by atoms with Crippen molar-refractivity contribution >= 4 is 38.8 Å². The molecule has 1 aromatic carbocycles. The lowest BCUT2D eigenvalue weighted by atomic mass is 10.1. The van der Waals surface area contributed by atoms with Crippen molar-refractivity contribution in [1.82, 2.24) is 0 Å². The van der Waals surface area contributed by atoms with Gasteiger partial charge in [0.2, 0.25) is 0 Å². The molecule has 0 saturated heterocycles. The Kier molecular flexibility index (Phi) is 2.61. The van der Waals surface area contributed by atoms with Crippen molar-refractivity contribution in [2.75, 3.05) is 6.61 Å². The summed E-state index contributed by atoms with van der Waals surface area (Å²) in [5.74, 6) is 0.704. The van der Waals surface area contributed by atoms with E-state index in [9.17, 15) is 4.79 Å². The average molecular weight is 274 g/mol. The number of halogens is 2. The standard InChI is InChI=1S/C10H6BrClO2/c11-7-1-2-8-9(3-7)14-5-6(4-13)10(8)12/h1-4H,5H2. The van der Waals surface area contributed by atoms with Crippen LogP contribution < -0.4 is 4.74 Å². The molecule has 0 radical (unpaired) electrons. The molecule has 0 bridgehead atoms. The van der Waals surface area contributed by atoms with E-state index in [0.717, 1.165) is 16.3 Å². The molecule has 0 amide bonds. The van der Waals surface area contributed by atoms with E-state index in [0.29, 0.717) is 16.4 Å². The highest BCUT2D eigenvalue weighted by molar-refractivity contribution is 9.10. The van der Waals surface area contributed by atoms with Gasteiger partial charge in [0.1, 0.15) is 12.4 Å². The Morgan fingerprint density at radius 2 is 2.29 bits per heavy atom. The minimum atomic E-state index is 0.242. The Morgan fingerprint density at radius 1 is 1.50 bits per heavy atom. The molecule has 1 aliphatic rings. The van der Waals surface area contributed by atoms with Gasteiger partial charge in [0, 0.05) is 15.6 Å². The number of hydrogen-bond donors (Lipinski definition) is 0. The maximum atomic E-state index is 10.6. The van der Waals surface area contributed by atoms with Crippen molar-refractivity contribution in [2.45, 2.75) is 0 Å². The van der Waals surface area contributed by atoms with Crippen LogP contribution in [0.4, 0.5) is 0 Å². The molecular formula is C10H6BrClO2. The Labute approximate surface area is 94.6 Å². The van der Waals surface area contributed by atoms with Crippen LogP contribution in [-0.4, -0.2) is 12.9 Å². The number of aldehydes is 1. The molecule has 0 saturated carbocycles. The molecule has 0 spiro atoms. The fourth-order valence-corrected chi connectivity index (χ4v) is 1.87. The van der Waals surface area contributed by atoms with Crippen LogP contribution in [0.25, 0.3) is 5.03 Å². The molecular weight excluding hydrogens is 267 g/mol. The van der Waals surface area contributed by atoms with Gasteiger partial charge in [0.25, 0.3) is 0 Å². The Morgan fingerprint density at radius 3 is 3.00 bits per heavy atom. The molecule has 0 unspecified atom stereocenters. The second-order valence-corrected chi connectivity index (χ2v) is 4.18. The van der Waals surface area contributed by atoms with E-state index in [-0.39, 0.29) is 6.61 Å². The monoisotopic (exact) mass is 272 g/mol. The summed E-state index contributed by atoms with van der Waals surface area (Å²) in [4.78, 5) is 10.6. The lowest BCUT2D eigenvalue weighted by Crippen LogP contribution is -2.10. The topological polar surface area (TPSA) is 26.3 Å². The number of benzene rings is 1. The van der Waals surface area contributed by atoms with Gasteiger partial charge < -0.3 is 4.74 Å². The van der Waals surface area contributed by atoms with Gasteiger partial charge in [-0.15, -0.1) is 0 Å². The summed E-state index contributed by atoms with van der Waals surface area (Å²) >= 11 is 9.35. The number of carbonyl (C=O) groups is 1. The van der Waals surface area contributed by atoms with Gasteiger partial charge in [-0.3, -0.25) is 4.79 Å². The maximum absolute atomic E-state index is 10.6. The second kappa shape index (κ2) is 3.75. The van der Waals surface area contributed by atoms with Gasteiger partial charge in [0.05, 0.1) is 5.03 Å². The summed E-state index contributed by atoms with van der Waals surface area (Å²) in [6.45, 7) is 0.242. The molecule has 2 rings (SSSR count). The largest absolute Gasteiger partial charge is 0.488 e. The van der Waals surface area contributed by atoms with Crippen molar-refractivity contribution in [3.63, 3.8) is 0 Å². The lowest BCUT2D eigenvalue weighted by molar-refractivity contribution is -0.105. The smallest absolute Gasteiger partial charge is 0.150 e. The Bertz CT molecular complexity index is 426. The first-order chi connectivity index (χ1) is 6.72. The predicted octanol–water partition coefficient (Wildman–Crippen LogP) is 2.99. The van der Waals surface area contributed by atoms with E-state index in [1.807, 2.05) is 18.2 Å². The highest BCUT2D eigenvalue weighted by atomic mass is 79.9. The van der Waals surface area contributed by atoms with Crippen molar-refractivity contribution in [3.8, 4) is 5.75 Å². The Balaban J connectivity index is 2.58. The third-order valence-electron chi connectivity index (χ3n) is 1.99. The first kappa shape index (κ1) is 9.74. The second-order valence-electron chi connectivity index (χ2n) is 2.89. The number of carbonyl (C=O) groups excluding carboxylic acids is 1. The fourth-order valence-electron chi connectivity index (χ4n) is 1.27. The molecule has 0 aliphatic carbocycles. The van der Waals surface area contributed by atoms with E-state index < -0.39 is 0 Å². The van der Waals surface area contributed by atoms with Crippen molar-refractivity contribution in [3.05, 3.63) is 33.8 Å². The van der Waals surface area contributed by atoms with Crippen LogP contribution in [-0.2, 0) is 4.79 Å². The summed E-state index contributed by atoms with van der Waals surface area (Å²) in [7, 11) is 0. The number of rotatable bonds is 1. The zero-order valence-corrected chi connectivity index (χ0v) is 9.43. The first-order valence-electron chi connectivity index (χ1n) is 3.99. The molecule has 0 fully saturated rings. The van der Waals surface area contributed by atoms with Crippen LogP contribution >= 0.6 is 27.5 Å². The summed E-state index contributed by atoms with van der Waals surface area (Å²) in [5, 5.41) is 0.480. The highest BCUT2D eigenvalue weighted by Gasteiger charge is 2.18. The van der Waals surface area contributed by atoms with E-state index in [1.54, 1.807) is 0 Å².